The molecular formula is C30H39N3O3. The molecule has 36 heavy (non-hydrogen) atoms. The second kappa shape index (κ2) is 13.1. The van der Waals surface area contributed by atoms with E-state index in [0.717, 1.165) is 41.0 Å². The molecule has 0 saturated heterocycles. The zero-order valence-corrected chi connectivity index (χ0v) is 22.0. The fourth-order valence-electron chi connectivity index (χ4n) is 3.86. The first kappa shape index (κ1) is 27.2. The fraction of sp³-hybridized carbons (Fsp3) is 0.433. The Balaban J connectivity index is 1.55. The maximum Gasteiger partial charge on any atom is 0.306 e. The highest BCUT2D eigenvalue weighted by Crippen LogP contribution is 2.25. The molecule has 1 heterocycles. The largest absolute Gasteiger partial charge is 0.494 e. The standard InChI is InChI=1S/C30H39N3O3/c1-5-6-7-8-9-18-35-26-15-12-22(13-16-26)25-20-32-29(33-21-25)24-11-10-23(27(31)19-24)14-17-28(34)36-30(2,3)4/h10-13,15-16,19-21H,5-9,14,17-18,31H2,1-4H3. The molecule has 0 aliphatic rings. The number of hydrogen-bond donors (Lipinski definition) is 1. The summed E-state index contributed by atoms with van der Waals surface area (Å²) in [6.45, 7) is 8.56. The van der Waals surface area contributed by atoms with Crippen molar-refractivity contribution in [1.29, 1.82) is 0 Å². The number of anilines is 1. The van der Waals surface area contributed by atoms with Crippen LogP contribution in [0.2, 0.25) is 0 Å². The van der Waals surface area contributed by atoms with Crippen molar-refractivity contribution in [2.24, 2.45) is 0 Å². The molecule has 2 aromatic carbocycles. The number of nitrogens with two attached hydrogens (primary N) is 1. The van der Waals surface area contributed by atoms with Crippen molar-refractivity contribution in [2.45, 2.75) is 78.2 Å². The van der Waals surface area contributed by atoms with Crippen molar-refractivity contribution in [2.75, 3.05) is 12.3 Å². The topological polar surface area (TPSA) is 87.3 Å². The van der Waals surface area contributed by atoms with E-state index in [0.29, 0.717) is 17.9 Å². The number of aromatic nitrogens is 2. The average molecular weight is 490 g/mol. The van der Waals surface area contributed by atoms with Crippen LogP contribution in [-0.2, 0) is 16.0 Å². The summed E-state index contributed by atoms with van der Waals surface area (Å²) in [6, 6.07) is 13.8. The molecule has 0 fully saturated rings. The van der Waals surface area contributed by atoms with Gasteiger partial charge < -0.3 is 15.2 Å². The summed E-state index contributed by atoms with van der Waals surface area (Å²) in [7, 11) is 0. The third-order valence-electron chi connectivity index (χ3n) is 5.78. The van der Waals surface area contributed by atoms with Gasteiger partial charge in [-0.3, -0.25) is 4.79 Å². The monoisotopic (exact) mass is 489 g/mol. The Kier molecular flexibility index (Phi) is 9.86. The van der Waals surface area contributed by atoms with Crippen molar-refractivity contribution in [3.8, 4) is 28.3 Å². The van der Waals surface area contributed by atoms with E-state index in [2.05, 4.69) is 16.9 Å². The molecule has 192 valence electrons. The number of aryl methyl sites for hydroxylation is 1. The molecule has 2 N–H and O–H groups in total. The Morgan fingerprint density at radius 1 is 0.889 bits per heavy atom. The first-order valence-electron chi connectivity index (χ1n) is 12.9. The summed E-state index contributed by atoms with van der Waals surface area (Å²) >= 11 is 0. The molecule has 0 unspecified atom stereocenters. The smallest absolute Gasteiger partial charge is 0.306 e. The zero-order valence-electron chi connectivity index (χ0n) is 22.0. The van der Waals surface area contributed by atoms with Gasteiger partial charge in [-0.15, -0.1) is 0 Å². The minimum atomic E-state index is -0.487. The molecule has 0 spiro atoms. The van der Waals surface area contributed by atoms with E-state index in [9.17, 15) is 4.79 Å². The number of rotatable bonds is 12. The van der Waals surface area contributed by atoms with Gasteiger partial charge in [-0.05, 0) is 62.9 Å². The lowest BCUT2D eigenvalue weighted by Gasteiger charge is -2.19. The Hall–Kier alpha value is -3.41. The van der Waals surface area contributed by atoms with Gasteiger partial charge in [0.05, 0.1) is 6.61 Å². The maximum atomic E-state index is 12.0. The third-order valence-corrected chi connectivity index (χ3v) is 5.78. The van der Waals surface area contributed by atoms with Gasteiger partial charge in [0.1, 0.15) is 11.4 Å². The number of carbonyl (C=O) groups is 1. The van der Waals surface area contributed by atoms with E-state index in [-0.39, 0.29) is 12.4 Å². The van der Waals surface area contributed by atoms with Crippen molar-refractivity contribution < 1.29 is 14.3 Å². The summed E-state index contributed by atoms with van der Waals surface area (Å²) in [5, 5.41) is 0. The number of carbonyl (C=O) groups excluding carboxylic acids is 1. The van der Waals surface area contributed by atoms with Crippen LogP contribution < -0.4 is 10.5 Å². The highest BCUT2D eigenvalue weighted by Gasteiger charge is 2.16. The van der Waals surface area contributed by atoms with E-state index < -0.39 is 5.60 Å². The predicted molar refractivity (Wildman–Crippen MR) is 146 cm³/mol. The van der Waals surface area contributed by atoms with Gasteiger partial charge in [0.15, 0.2) is 5.82 Å². The lowest BCUT2D eigenvalue weighted by atomic mass is 10.0. The van der Waals surface area contributed by atoms with Crippen LogP contribution in [0, 0.1) is 0 Å². The molecule has 0 radical (unpaired) electrons. The summed E-state index contributed by atoms with van der Waals surface area (Å²) in [5.74, 6) is 1.26. The fourth-order valence-corrected chi connectivity index (χ4v) is 3.86. The van der Waals surface area contributed by atoms with Crippen molar-refractivity contribution in [3.63, 3.8) is 0 Å². The number of benzene rings is 2. The van der Waals surface area contributed by atoms with Gasteiger partial charge in [-0.2, -0.15) is 0 Å². The molecular weight excluding hydrogens is 450 g/mol. The normalized spacial score (nSPS) is 11.3. The first-order valence-corrected chi connectivity index (χ1v) is 12.9. The molecule has 0 aliphatic carbocycles. The lowest BCUT2D eigenvalue weighted by molar-refractivity contribution is -0.154. The molecule has 0 saturated carbocycles. The van der Waals surface area contributed by atoms with Crippen molar-refractivity contribution in [1.82, 2.24) is 9.97 Å². The van der Waals surface area contributed by atoms with Crippen LogP contribution in [0.5, 0.6) is 5.75 Å². The van der Waals surface area contributed by atoms with Crippen LogP contribution in [0.15, 0.2) is 54.9 Å². The molecule has 6 nitrogen and oxygen atoms in total. The average Bonchev–Trinajstić information content (AvgIpc) is 2.85. The van der Waals surface area contributed by atoms with Crippen LogP contribution in [0.1, 0.15) is 71.8 Å². The van der Waals surface area contributed by atoms with Crippen molar-refractivity contribution >= 4 is 11.7 Å². The van der Waals surface area contributed by atoms with Crippen LogP contribution >= 0.6 is 0 Å². The quantitative estimate of drug-likeness (QED) is 0.167. The predicted octanol–water partition coefficient (Wildman–Crippen LogP) is 7.02. The minimum absolute atomic E-state index is 0.230. The van der Waals surface area contributed by atoms with Gasteiger partial charge in [0.2, 0.25) is 0 Å². The van der Waals surface area contributed by atoms with Gasteiger partial charge in [-0.25, -0.2) is 9.97 Å². The summed E-state index contributed by atoms with van der Waals surface area (Å²) in [4.78, 5) is 21.1. The number of esters is 1. The third kappa shape index (κ3) is 8.67. The van der Waals surface area contributed by atoms with Crippen LogP contribution in [0.4, 0.5) is 5.69 Å². The molecule has 0 amide bonds. The van der Waals surface area contributed by atoms with Gasteiger partial charge in [0.25, 0.3) is 0 Å². The summed E-state index contributed by atoms with van der Waals surface area (Å²) in [6.07, 6.45) is 10.6. The summed E-state index contributed by atoms with van der Waals surface area (Å²) in [5.41, 5.74) is 10.1. The number of unbranched alkanes of at least 4 members (excludes halogenated alkanes) is 4. The van der Waals surface area contributed by atoms with Crippen LogP contribution in [-0.4, -0.2) is 28.1 Å². The van der Waals surface area contributed by atoms with E-state index in [4.69, 9.17) is 15.2 Å². The molecule has 6 heteroatoms. The Morgan fingerprint density at radius 3 is 2.19 bits per heavy atom. The minimum Gasteiger partial charge on any atom is -0.494 e. The van der Waals surface area contributed by atoms with Crippen LogP contribution in [0.3, 0.4) is 0 Å². The molecule has 3 aromatic rings. The maximum absolute atomic E-state index is 12.0. The first-order chi connectivity index (χ1) is 17.2. The Labute approximate surface area is 215 Å². The van der Waals surface area contributed by atoms with Gasteiger partial charge in [0, 0.05) is 35.6 Å². The summed E-state index contributed by atoms with van der Waals surface area (Å²) < 4.78 is 11.2. The number of hydrogen-bond acceptors (Lipinski definition) is 6. The number of nitrogen functional groups attached to an aromatic ring is 1. The molecule has 1 aromatic heterocycles. The lowest BCUT2D eigenvalue weighted by Crippen LogP contribution is -2.24. The molecule has 0 atom stereocenters. The van der Waals surface area contributed by atoms with Gasteiger partial charge >= 0.3 is 5.97 Å². The Bertz CT molecular complexity index is 1100. The van der Waals surface area contributed by atoms with Gasteiger partial charge in [-0.1, -0.05) is 56.9 Å². The van der Waals surface area contributed by atoms with E-state index in [1.807, 2.05) is 75.6 Å². The van der Waals surface area contributed by atoms with E-state index >= 15 is 0 Å². The highest BCUT2D eigenvalue weighted by atomic mass is 16.6. The number of nitrogens with zero attached hydrogens (tertiary/aromatic N) is 2. The highest BCUT2D eigenvalue weighted by molar-refractivity contribution is 5.71. The number of ether oxygens (including phenoxy) is 2. The molecule has 3 rings (SSSR count). The second-order valence-electron chi connectivity index (χ2n) is 10.1. The van der Waals surface area contributed by atoms with E-state index in [1.54, 1.807) is 0 Å². The zero-order chi connectivity index (χ0) is 26.0. The van der Waals surface area contributed by atoms with Crippen molar-refractivity contribution in [3.05, 3.63) is 60.4 Å². The second-order valence-corrected chi connectivity index (χ2v) is 10.1. The Morgan fingerprint density at radius 2 is 1.56 bits per heavy atom. The SMILES string of the molecule is CCCCCCCOc1ccc(-c2cnc(-c3ccc(CCC(=O)OC(C)(C)C)c(N)c3)nc2)cc1. The molecule has 0 aliphatic heterocycles. The van der Waals surface area contributed by atoms with Crippen LogP contribution in [0.25, 0.3) is 22.5 Å². The van der Waals surface area contributed by atoms with E-state index in [1.165, 1.54) is 25.7 Å². The molecule has 0 bridgehead atoms.